The molecule has 2 rings (SSSR count). The maximum absolute atomic E-state index is 4.36. The second-order valence-corrected chi connectivity index (χ2v) is 7.36. The second kappa shape index (κ2) is 9.83. The number of nitrogens with zero attached hydrogens (tertiary/aromatic N) is 2. The highest BCUT2D eigenvalue weighted by Gasteiger charge is 2.15. The standard InChI is InChI=1S/C13H22N4S2.HI/c1-10-8-16-12(19-10)5-6-15-13(14-2)17-9-11-4-3-7-18-11;/h8,11H,3-7,9H2,1-2H3,(H2,14,15,17);1H. The summed E-state index contributed by atoms with van der Waals surface area (Å²) in [5.41, 5.74) is 0. The van der Waals surface area contributed by atoms with E-state index in [9.17, 15) is 0 Å². The minimum atomic E-state index is 0. The average molecular weight is 426 g/mol. The van der Waals surface area contributed by atoms with Crippen molar-refractivity contribution >= 4 is 53.0 Å². The Labute approximate surface area is 146 Å². The number of hydrogen-bond acceptors (Lipinski definition) is 4. The van der Waals surface area contributed by atoms with Crippen molar-refractivity contribution in [2.75, 3.05) is 25.9 Å². The molecule has 1 aliphatic heterocycles. The van der Waals surface area contributed by atoms with Gasteiger partial charge in [0.15, 0.2) is 5.96 Å². The zero-order chi connectivity index (χ0) is 13.5. The lowest BCUT2D eigenvalue weighted by molar-refractivity contribution is 0.724. The first-order valence-electron chi connectivity index (χ1n) is 6.75. The van der Waals surface area contributed by atoms with Gasteiger partial charge in [-0.15, -0.1) is 35.3 Å². The SMILES string of the molecule is CN=C(NCCc1ncc(C)s1)NCC1CCCS1.I. The summed E-state index contributed by atoms with van der Waals surface area (Å²) in [6.45, 7) is 3.99. The summed E-state index contributed by atoms with van der Waals surface area (Å²) < 4.78 is 0. The van der Waals surface area contributed by atoms with E-state index in [0.717, 1.165) is 30.7 Å². The van der Waals surface area contributed by atoms with Crippen molar-refractivity contribution in [3.63, 3.8) is 0 Å². The Morgan fingerprint density at radius 2 is 2.35 bits per heavy atom. The number of halogens is 1. The smallest absolute Gasteiger partial charge is 0.191 e. The minimum absolute atomic E-state index is 0. The van der Waals surface area contributed by atoms with Gasteiger partial charge in [-0.05, 0) is 25.5 Å². The number of guanidine groups is 1. The van der Waals surface area contributed by atoms with Crippen LogP contribution in [0.4, 0.5) is 0 Å². The number of aliphatic imine (C=N–C) groups is 1. The van der Waals surface area contributed by atoms with E-state index in [2.05, 4.69) is 39.3 Å². The molecule has 1 aliphatic rings. The number of aryl methyl sites for hydroxylation is 1. The van der Waals surface area contributed by atoms with Crippen molar-refractivity contribution in [3.8, 4) is 0 Å². The molecule has 7 heteroatoms. The second-order valence-electron chi connectivity index (χ2n) is 4.63. The van der Waals surface area contributed by atoms with Gasteiger partial charge in [-0.25, -0.2) is 4.98 Å². The lowest BCUT2D eigenvalue weighted by Crippen LogP contribution is -2.40. The van der Waals surface area contributed by atoms with E-state index in [1.807, 2.05) is 13.2 Å². The molecule has 0 aliphatic carbocycles. The van der Waals surface area contributed by atoms with Crippen LogP contribution >= 0.6 is 47.1 Å². The van der Waals surface area contributed by atoms with Crippen molar-refractivity contribution < 1.29 is 0 Å². The van der Waals surface area contributed by atoms with E-state index in [-0.39, 0.29) is 24.0 Å². The largest absolute Gasteiger partial charge is 0.356 e. The highest BCUT2D eigenvalue weighted by atomic mass is 127. The topological polar surface area (TPSA) is 49.3 Å². The summed E-state index contributed by atoms with van der Waals surface area (Å²) in [4.78, 5) is 9.89. The molecular formula is C13H23IN4S2. The minimum Gasteiger partial charge on any atom is -0.356 e. The number of rotatable bonds is 5. The fourth-order valence-electron chi connectivity index (χ4n) is 2.04. The molecule has 20 heavy (non-hydrogen) atoms. The zero-order valence-corrected chi connectivity index (χ0v) is 16.0. The molecule has 1 fully saturated rings. The number of nitrogens with one attached hydrogen (secondary N) is 2. The van der Waals surface area contributed by atoms with E-state index in [4.69, 9.17) is 0 Å². The van der Waals surface area contributed by atoms with Gasteiger partial charge in [0.1, 0.15) is 0 Å². The Kier molecular flexibility index (Phi) is 8.86. The molecule has 1 saturated heterocycles. The molecule has 0 bridgehead atoms. The predicted molar refractivity (Wildman–Crippen MR) is 101 cm³/mol. The molecule has 2 heterocycles. The first kappa shape index (κ1) is 18.0. The normalized spacial score (nSPS) is 18.7. The zero-order valence-electron chi connectivity index (χ0n) is 12.0. The molecule has 0 amide bonds. The molecular weight excluding hydrogens is 403 g/mol. The lowest BCUT2D eigenvalue weighted by atomic mass is 10.2. The maximum atomic E-state index is 4.36. The van der Waals surface area contributed by atoms with Crippen LogP contribution in [0, 0.1) is 6.92 Å². The highest BCUT2D eigenvalue weighted by Crippen LogP contribution is 2.25. The van der Waals surface area contributed by atoms with Gasteiger partial charge in [0.2, 0.25) is 0 Å². The van der Waals surface area contributed by atoms with Crippen LogP contribution in [0.2, 0.25) is 0 Å². The van der Waals surface area contributed by atoms with E-state index in [0.29, 0.717) is 0 Å². The van der Waals surface area contributed by atoms with Crippen molar-refractivity contribution in [3.05, 3.63) is 16.1 Å². The molecule has 0 saturated carbocycles. The first-order chi connectivity index (χ1) is 9.28. The van der Waals surface area contributed by atoms with Gasteiger partial charge in [0.05, 0.1) is 5.01 Å². The molecule has 0 aromatic carbocycles. The van der Waals surface area contributed by atoms with Crippen LogP contribution < -0.4 is 10.6 Å². The Balaban J connectivity index is 0.00000200. The summed E-state index contributed by atoms with van der Waals surface area (Å²) in [7, 11) is 1.82. The van der Waals surface area contributed by atoms with Crippen LogP contribution in [0.25, 0.3) is 0 Å². The van der Waals surface area contributed by atoms with Crippen LogP contribution in [-0.4, -0.2) is 42.1 Å². The quantitative estimate of drug-likeness (QED) is 0.432. The monoisotopic (exact) mass is 426 g/mol. The third-order valence-electron chi connectivity index (χ3n) is 3.05. The van der Waals surface area contributed by atoms with Gasteiger partial charge in [0, 0.05) is 42.9 Å². The molecule has 1 unspecified atom stereocenters. The molecule has 4 nitrogen and oxygen atoms in total. The van der Waals surface area contributed by atoms with Crippen molar-refractivity contribution in [2.24, 2.45) is 4.99 Å². The molecule has 114 valence electrons. The summed E-state index contributed by atoms with van der Waals surface area (Å²) in [6, 6.07) is 0. The van der Waals surface area contributed by atoms with Gasteiger partial charge in [-0.3, -0.25) is 4.99 Å². The Hall–Kier alpha value is -0.0200. The Bertz CT molecular complexity index is 416. The third-order valence-corrected chi connectivity index (χ3v) is 5.42. The lowest BCUT2D eigenvalue weighted by Gasteiger charge is -2.14. The summed E-state index contributed by atoms with van der Waals surface area (Å²) in [6.07, 6.45) is 5.57. The van der Waals surface area contributed by atoms with Gasteiger partial charge in [0.25, 0.3) is 0 Å². The van der Waals surface area contributed by atoms with E-state index in [1.54, 1.807) is 11.3 Å². The van der Waals surface area contributed by atoms with Gasteiger partial charge >= 0.3 is 0 Å². The molecule has 1 aromatic rings. The molecule has 0 radical (unpaired) electrons. The molecule has 1 aromatic heterocycles. The van der Waals surface area contributed by atoms with Gasteiger partial charge in [-0.1, -0.05) is 0 Å². The van der Waals surface area contributed by atoms with Crippen LogP contribution in [0.1, 0.15) is 22.7 Å². The number of thiazole rings is 1. The number of aromatic nitrogens is 1. The third kappa shape index (κ3) is 6.17. The fourth-order valence-corrected chi connectivity index (χ4v) is 4.03. The molecule has 0 spiro atoms. The van der Waals surface area contributed by atoms with Crippen molar-refractivity contribution in [1.82, 2.24) is 15.6 Å². The van der Waals surface area contributed by atoms with E-state index < -0.39 is 0 Å². The van der Waals surface area contributed by atoms with Crippen molar-refractivity contribution in [2.45, 2.75) is 31.4 Å². The van der Waals surface area contributed by atoms with Crippen molar-refractivity contribution in [1.29, 1.82) is 0 Å². The number of thioether (sulfide) groups is 1. The summed E-state index contributed by atoms with van der Waals surface area (Å²) >= 11 is 3.83. The average Bonchev–Trinajstić information content (AvgIpc) is 3.05. The van der Waals surface area contributed by atoms with Crippen LogP contribution in [-0.2, 0) is 6.42 Å². The molecule has 1 atom stereocenters. The Morgan fingerprint density at radius 1 is 1.50 bits per heavy atom. The number of hydrogen-bond donors (Lipinski definition) is 2. The summed E-state index contributed by atoms with van der Waals surface area (Å²) in [5.74, 6) is 2.21. The molecule has 2 N–H and O–H groups in total. The summed E-state index contributed by atoms with van der Waals surface area (Å²) in [5, 5.41) is 8.69. The van der Waals surface area contributed by atoms with Gasteiger partial charge < -0.3 is 10.6 Å². The van der Waals surface area contributed by atoms with E-state index >= 15 is 0 Å². The Morgan fingerprint density at radius 3 is 2.95 bits per heavy atom. The fraction of sp³-hybridized carbons (Fsp3) is 0.692. The maximum Gasteiger partial charge on any atom is 0.191 e. The van der Waals surface area contributed by atoms with Crippen LogP contribution in [0.3, 0.4) is 0 Å². The van der Waals surface area contributed by atoms with E-state index in [1.165, 1.54) is 28.5 Å². The van der Waals surface area contributed by atoms with Crippen LogP contribution in [0.15, 0.2) is 11.2 Å². The highest BCUT2D eigenvalue weighted by molar-refractivity contribution is 14.0. The first-order valence-corrected chi connectivity index (χ1v) is 8.62. The van der Waals surface area contributed by atoms with Gasteiger partial charge in [-0.2, -0.15) is 11.8 Å². The predicted octanol–water partition coefficient (Wildman–Crippen LogP) is 2.67. The van der Waals surface area contributed by atoms with Crippen LogP contribution in [0.5, 0.6) is 0 Å².